The van der Waals surface area contributed by atoms with Crippen molar-refractivity contribution in [2.75, 3.05) is 46.8 Å². The molecule has 0 spiro atoms. The summed E-state index contributed by atoms with van der Waals surface area (Å²) in [5.41, 5.74) is 5.86. The van der Waals surface area contributed by atoms with Crippen LogP contribution in [0.4, 0.5) is 0 Å². The number of piperazine rings is 1. The lowest BCUT2D eigenvalue weighted by Gasteiger charge is -2.40. The van der Waals surface area contributed by atoms with Crippen molar-refractivity contribution in [3.63, 3.8) is 0 Å². The third-order valence-electron chi connectivity index (χ3n) is 4.93. The Morgan fingerprint density at radius 3 is 2.60 bits per heavy atom. The molecule has 2 rings (SSSR count). The summed E-state index contributed by atoms with van der Waals surface area (Å²) in [5.74, 6) is 0.264. The molecule has 1 aliphatic heterocycles. The molecule has 1 saturated heterocycles. The number of nitrogens with two attached hydrogens (primary N) is 1. The molecule has 20 heavy (non-hydrogen) atoms. The minimum atomic E-state index is 0.264. The molecular weight excluding hydrogens is 252 g/mol. The zero-order chi connectivity index (χ0) is 14.5. The molecule has 0 aromatic heterocycles. The molecule has 0 radical (unpaired) electrons. The van der Waals surface area contributed by atoms with Gasteiger partial charge in [-0.15, -0.1) is 0 Å². The lowest BCUT2D eigenvalue weighted by Crippen LogP contribution is -2.57. The van der Waals surface area contributed by atoms with E-state index in [-0.39, 0.29) is 5.91 Å². The Morgan fingerprint density at radius 2 is 1.95 bits per heavy atom. The fraction of sp³-hybridized carbons (Fsp3) is 0.933. The summed E-state index contributed by atoms with van der Waals surface area (Å²) in [6.07, 6.45) is 6.20. The Labute approximate surface area is 123 Å². The van der Waals surface area contributed by atoms with Gasteiger partial charge in [-0.25, -0.2) is 0 Å². The molecule has 1 saturated carbocycles. The van der Waals surface area contributed by atoms with Crippen molar-refractivity contribution in [1.82, 2.24) is 14.7 Å². The molecule has 5 heteroatoms. The van der Waals surface area contributed by atoms with Gasteiger partial charge >= 0.3 is 0 Å². The predicted molar refractivity (Wildman–Crippen MR) is 81.6 cm³/mol. The van der Waals surface area contributed by atoms with E-state index in [1.54, 1.807) is 0 Å². The zero-order valence-electron chi connectivity index (χ0n) is 13.1. The molecule has 0 aromatic rings. The van der Waals surface area contributed by atoms with Gasteiger partial charge in [0.05, 0.1) is 6.54 Å². The van der Waals surface area contributed by atoms with Crippen LogP contribution < -0.4 is 5.73 Å². The Morgan fingerprint density at radius 1 is 1.25 bits per heavy atom. The molecular formula is C15H30N4O. The largest absolute Gasteiger partial charge is 0.342 e. The van der Waals surface area contributed by atoms with Crippen LogP contribution in [0.15, 0.2) is 0 Å². The SMILES string of the molecule is CN1CCN(CC(=O)N(C)C2CCCCC2)C(CN)C1. The van der Waals surface area contributed by atoms with Gasteiger partial charge in [-0.1, -0.05) is 19.3 Å². The Balaban J connectivity index is 1.86. The van der Waals surface area contributed by atoms with Gasteiger partial charge in [-0.05, 0) is 19.9 Å². The second-order valence-electron chi connectivity index (χ2n) is 6.42. The highest BCUT2D eigenvalue weighted by atomic mass is 16.2. The molecule has 1 amide bonds. The first-order valence-corrected chi connectivity index (χ1v) is 8.00. The molecule has 2 fully saturated rings. The maximum absolute atomic E-state index is 12.5. The molecule has 1 aliphatic carbocycles. The highest BCUT2D eigenvalue weighted by Gasteiger charge is 2.28. The minimum absolute atomic E-state index is 0.264. The number of hydrogen-bond donors (Lipinski definition) is 1. The minimum Gasteiger partial charge on any atom is -0.342 e. The van der Waals surface area contributed by atoms with Gasteiger partial charge in [0.2, 0.25) is 5.91 Å². The highest BCUT2D eigenvalue weighted by Crippen LogP contribution is 2.22. The highest BCUT2D eigenvalue weighted by molar-refractivity contribution is 5.78. The molecule has 0 bridgehead atoms. The summed E-state index contributed by atoms with van der Waals surface area (Å²) >= 11 is 0. The number of carbonyl (C=O) groups is 1. The summed E-state index contributed by atoms with van der Waals surface area (Å²) in [7, 11) is 4.10. The van der Waals surface area contributed by atoms with Crippen LogP contribution in [0.2, 0.25) is 0 Å². The van der Waals surface area contributed by atoms with Gasteiger partial charge < -0.3 is 15.5 Å². The normalized spacial score (nSPS) is 26.6. The summed E-state index contributed by atoms with van der Waals surface area (Å²) in [4.78, 5) is 19.0. The maximum atomic E-state index is 12.5. The number of likely N-dealkylation sites (N-methyl/N-ethyl adjacent to an activating group) is 2. The van der Waals surface area contributed by atoms with Gasteiger partial charge in [-0.2, -0.15) is 0 Å². The van der Waals surface area contributed by atoms with Crippen LogP contribution >= 0.6 is 0 Å². The van der Waals surface area contributed by atoms with E-state index in [0.29, 0.717) is 25.2 Å². The van der Waals surface area contributed by atoms with Crippen LogP contribution in [0.5, 0.6) is 0 Å². The Hall–Kier alpha value is -0.650. The van der Waals surface area contributed by atoms with Crippen molar-refractivity contribution in [3.8, 4) is 0 Å². The van der Waals surface area contributed by atoms with Gasteiger partial charge in [0, 0.05) is 45.3 Å². The van der Waals surface area contributed by atoms with Gasteiger partial charge in [-0.3, -0.25) is 9.69 Å². The predicted octanol–water partition coefficient (Wildman–Crippen LogP) is 0.352. The first-order valence-electron chi connectivity index (χ1n) is 8.00. The van der Waals surface area contributed by atoms with E-state index in [2.05, 4.69) is 16.8 Å². The fourth-order valence-corrected chi connectivity index (χ4v) is 3.44. The molecule has 0 aromatic carbocycles. The van der Waals surface area contributed by atoms with Crippen molar-refractivity contribution >= 4 is 5.91 Å². The number of nitrogens with zero attached hydrogens (tertiary/aromatic N) is 3. The number of carbonyl (C=O) groups excluding carboxylic acids is 1. The number of amides is 1. The zero-order valence-corrected chi connectivity index (χ0v) is 13.1. The van der Waals surface area contributed by atoms with Crippen LogP contribution in [-0.4, -0.2) is 79.5 Å². The molecule has 116 valence electrons. The molecule has 2 N–H and O–H groups in total. The van der Waals surface area contributed by atoms with E-state index < -0.39 is 0 Å². The second kappa shape index (κ2) is 7.38. The maximum Gasteiger partial charge on any atom is 0.236 e. The Bertz CT molecular complexity index is 317. The van der Waals surface area contributed by atoms with Gasteiger partial charge in [0.1, 0.15) is 0 Å². The average molecular weight is 282 g/mol. The van der Waals surface area contributed by atoms with Crippen LogP contribution in [0.3, 0.4) is 0 Å². The van der Waals surface area contributed by atoms with Crippen molar-refractivity contribution in [1.29, 1.82) is 0 Å². The van der Waals surface area contributed by atoms with E-state index >= 15 is 0 Å². The summed E-state index contributed by atoms with van der Waals surface area (Å²) in [5, 5.41) is 0. The van der Waals surface area contributed by atoms with E-state index in [9.17, 15) is 4.79 Å². The average Bonchev–Trinajstić information content (AvgIpc) is 2.49. The first kappa shape index (κ1) is 15.7. The number of hydrogen-bond acceptors (Lipinski definition) is 4. The lowest BCUT2D eigenvalue weighted by molar-refractivity contribution is -0.135. The molecule has 5 nitrogen and oxygen atoms in total. The van der Waals surface area contributed by atoms with Crippen molar-refractivity contribution in [2.24, 2.45) is 5.73 Å². The standard InChI is InChI=1S/C15H30N4O/c1-17-8-9-19(14(10-16)11-17)12-15(20)18(2)13-6-4-3-5-7-13/h13-14H,3-12,16H2,1-2H3. The third-order valence-corrected chi connectivity index (χ3v) is 4.93. The molecule has 1 heterocycles. The van der Waals surface area contributed by atoms with E-state index in [1.165, 1.54) is 32.1 Å². The topological polar surface area (TPSA) is 52.8 Å². The number of rotatable bonds is 4. The van der Waals surface area contributed by atoms with E-state index in [1.807, 2.05) is 11.9 Å². The van der Waals surface area contributed by atoms with Gasteiger partial charge in [0.25, 0.3) is 0 Å². The van der Waals surface area contributed by atoms with Crippen LogP contribution in [0.1, 0.15) is 32.1 Å². The third kappa shape index (κ3) is 3.93. The van der Waals surface area contributed by atoms with Crippen LogP contribution in [0, 0.1) is 0 Å². The first-order chi connectivity index (χ1) is 9.61. The Kier molecular flexibility index (Phi) is 5.81. The quantitative estimate of drug-likeness (QED) is 0.808. The van der Waals surface area contributed by atoms with Crippen molar-refractivity contribution < 1.29 is 4.79 Å². The fourth-order valence-electron chi connectivity index (χ4n) is 3.44. The smallest absolute Gasteiger partial charge is 0.236 e. The van der Waals surface area contributed by atoms with E-state index in [4.69, 9.17) is 5.73 Å². The summed E-state index contributed by atoms with van der Waals surface area (Å²) in [6, 6.07) is 0.775. The molecule has 2 aliphatic rings. The summed E-state index contributed by atoms with van der Waals surface area (Å²) < 4.78 is 0. The lowest BCUT2D eigenvalue weighted by atomic mass is 9.94. The van der Waals surface area contributed by atoms with E-state index in [0.717, 1.165) is 19.6 Å². The van der Waals surface area contributed by atoms with Gasteiger partial charge in [0.15, 0.2) is 0 Å². The van der Waals surface area contributed by atoms with Crippen LogP contribution in [0.25, 0.3) is 0 Å². The second-order valence-corrected chi connectivity index (χ2v) is 6.42. The van der Waals surface area contributed by atoms with Crippen molar-refractivity contribution in [2.45, 2.75) is 44.2 Å². The monoisotopic (exact) mass is 282 g/mol. The van der Waals surface area contributed by atoms with Crippen molar-refractivity contribution in [3.05, 3.63) is 0 Å². The molecule has 1 atom stereocenters. The molecule has 1 unspecified atom stereocenters. The van der Waals surface area contributed by atoms with Crippen LogP contribution in [-0.2, 0) is 4.79 Å². The summed E-state index contributed by atoms with van der Waals surface area (Å²) in [6.45, 7) is 4.10.